The summed E-state index contributed by atoms with van der Waals surface area (Å²) in [6.07, 6.45) is 4.16. The van der Waals surface area contributed by atoms with Crippen molar-refractivity contribution in [2.75, 3.05) is 5.73 Å². The molecule has 112 valence electrons. The van der Waals surface area contributed by atoms with Gasteiger partial charge < -0.3 is 20.2 Å². The summed E-state index contributed by atoms with van der Waals surface area (Å²) in [5.41, 5.74) is 7.44. The SMILES string of the molecule is CC[C@@H]1C[C@@H](OC(C)=O)[C@@H](c2c[nH]c3ncnc(N)c23)O1. The van der Waals surface area contributed by atoms with Crippen LogP contribution in [0, 0.1) is 0 Å². The van der Waals surface area contributed by atoms with Crippen LogP contribution in [0.15, 0.2) is 12.5 Å². The van der Waals surface area contributed by atoms with Gasteiger partial charge in [-0.3, -0.25) is 4.79 Å². The number of rotatable bonds is 3. The first-order valence-corrected chi connectivity index (χ1v) is 7.00. The average Bonchev–Trinajstić information content (AvgIpc) is 3.02. The van der Waals surface area contributed by atoms with E-state index < -0.39 is 0 Å². The number of nitrogens with one attached hydrogen (secondary N) is 1. The zero-order valence-electron chi connectivity index (χ0n) is 12.0. The third kappa shape index (κ3) is 2.44. The van der Waals surface area contributed by atoms with E-state index in [0.717, 1.165) is 17.4 Å². The molecule has 7 heteroatoms. The predicted octanol–water partition coefficient (Wildman–Crippen LogP) is 1.71. The number of esters is 1. The van der Waals surface area contributed by atoms with Crippen molar-refractivity contribution >= 4 is 22.8 Å². The van der Waals surface area contributed by atoms with Gasteiger partial charge in [0.1, 0.15) is 30.0 Å². The van der Waals surface area contributed by atoms with Crippen LogP contribution < -0.4 is 5.73 Å². The van der Waals surface area contributed by atoms with Crippen LogP contribution in [0.5, 0.6) is 0 Å². The van der Waals surface area contributed by atoms with Crippen LogP contribution in [0.3, 0.4) is 0 Å². The molecule has 0 amide bonds. The molecule has 1 aliphatic rings. The van der Waals surface area contributed by atoms with E-state index in [1.807, 2.05) is 6.92 Å². The number of nitrogen functional groups attached to an aromatic ring is 1. The molecule has 1 aliphatic heterocycles. The van der Waals surface area contributed by atoms with Gasteiger partial charge in [-0.1, -0.05) is 6.92 Å². The highest BCUT2D eigenvalue weighted by atomic mass is 16.6. The Balaban J connectivity index is 2.01. The number of anilines is 1. The Hall–Kier alpha value is -2.15. The summed E-state index contributed by atoms with van der Waals surface area (Å²) in [4.78, 5) is 22.5. The summed E-state index contributed by atoms with van der Waals surface area (Å²) in [7, 11) is 0. The lowest BCUT2D eigenvalue weighted by atomic mass is 10.0. The van der Waals surface area contributed by atoms with E-state index in [4.69, 9.17) is 15.2 Å². The minimum Gasteiger partial charge on any atom is -0.459 e. The van der Waals surface area contributed by atoms with E-state index in [-0.39, 0.29) is 24.3 Å². The van der Waals surface area contributed by atoms with Crippen molar-refractivity contribution in [1.29, 1.82) is 0 Å². The highest BCUT2D eigenvalue weighted by Crippen LogP contribution is 2.40. The lowest BCUT2D eigenvalue weighted by Crippen LogP contribution is -2.20. The Bertz CT molecular complexity index is 669. The van der Waals surface area contributed by atoms with Gasteiger partial charge in [0.05, 0.1) is 11.5 Å². The van der Waals surface area contributed by atoms with Gasteiger partial charge in [0, 0.05) is 25.1 Å². The van der Waals surface area contributed by atoms with Gasteiger partial charge in [-0.05, 0) is 6.42 Å². The number of nitrogens with two attached hydrogens (primary N) is 1. The van der Waals surface area contributed by atoms with Crippen molar-refractivity contribution in [1.82, 2.24) is 15.0 Å². The van der Waals surface area contributed by atoms with Gasteiger partial charge in [-0.25, -0.2) is 9.97 Å². The molecule has 0 spiro atoms. The molecule has 1 saturated heterocycles. The van der Waals surface area contributed by atoms with Crippen LogP contribution in [0.25, 0.3) is 11.0 Å². The summed E-state index contributed by atoms with van der Waals surface area (Å²) < 4.78 is 11.4. The second-order valence-electron chi connectivity index (χ2n) is 5.20. The minimum atomic E-state index is -0.346. The topological polar surface area (TPSA) is 103 Å². The highest BCUT2D eigenvalue weighted by molar-refractivity contribution is 5.89. The number of hydrogen-bond donors (Lipinski definition) is 2. The summed E-state index contributed by atoms with van der Waals surface area (Å²) in [6.45, 7) is 3.45. The first kappa shape index (κ1) is 13.8. The summed E-state index contributed by atoms with van der Waals surface area (Å²) in [5.74, 6) is 0.0794. The summed E-state index contributed by atoms with van der Waals surface area (Å²) >= 11 is 0. The average molecular weight is 290 g/mol. The maximum Gasteiger partial charge on any atom is 0.303 e. The fourth-order valence-corrected chi connectivity index (χ4v) is 2.83. The van der Waals surface area contributed by atoms with Crippen LogP contribution in [0.4, 0.5) is 5.82 Å². The molecule has 0 aromatic carbocycles. The van der Waals surface area contributed by atoms with Crippen LogP contribution in [-0.2, 0) is 14.3 Å². The molecular weight excluding hydrogens is 272 g/mol. The van der Waals surface area contributed by atoms with Crippen LogP contribution in [0.1, 0.15) is 38.4 Å². The Morgan fingerprint density at radius 1 is 1.57 bits per heavy atom. The minimum absolute atomic E-state index is 0.0650. The van der Waals surface area contributed by atoms with E-state index in [9.17, 15) is 4.79 Å². The molecule has 3 heterocycles. The molecule has 7 nitrogen and oxygen atoms in total. The second-order valence-corrected chi connectivity index (χ2v) is 5.20. The maximum absolute atomic E-state index is 11.3. The van der Waals surface area contributed by atoms with Gasteiger partial charge >= 0.3 is 5.97 Å². The fourth-order valence-electron chi connectivity index (χ4n) is 2.83. The van der Waals surface area contributed by atoms with Gasteiger partial charge in [0.15, 0.2) is 0 Å². The first-order valence-electron chi connectivity index (χ1n) is 7.00. The molecule has 3 atom stereocenters. The van der Waals surface area contributed by atoms with Crippen molar-refractivity contribution in [3.63, 3.8) is 0 Å². The van der Waals surface area contributed by atoms with Crippen molar-refractivity contribution < 1.29 is 14.3 Å². The molecular formula is C14H18N4O3. The van der Waals surface area contributed by atoms with Crippen LogP contribution in [0.2, 0.25) is 0 Å². The number of H-pyrrole nitrogens is 1. The molecule has 0 saturated carbocycles. The zero-order chi connectivity index (χ0) is 15.0. The highest BCUT2D eigenvalue weighted by Gasteiger charge is 2.39. The molecule has 1 fully saturated rings. The number of aromatic nitrogens is 3. The third-order valence-corrected chi connectivity index (χ3v) is 3.78. The smallest absolute Gasteiger partial charge is 0.303 e. The maximum atomic E-state index is 11.3. The van der Waals surface area contributed by atoms with Crippen molar-refractivity contribution in [2.45, 2.75) is 45.0 Å². The molecule has 3 rings (SSSR count). The number of nitrogens with zero attached hydrogens (tertiary/aromatic N) is 2. The first-order chi connectivity index (χ1) is 10.1. The van der Waals surface area contributed by atoms with E-state index in [1.165, 1.54) is 13.3 Å². The Kier molecular flexibility index (Phi) is 3.50. The summed E-state index contributed by atoms with van der Waals surface area (Å²) in [5, 5.41) is 0.733. The number of aromatic amines is 1. The number of fused-ring (bicyclic) bond motifs is 1. The van der Waals surface area contributed by atoms with Crippen molar-refractivity contribution in [2.24, 2.45) is 0 Å². The van der Waals surface area contributed by atoms with Gasteiger partial charge in [-0.2, -0.15) is 0 Å². The van der Waals surface area contributed by atoms with Crippen molar-refractivity contribution in [3.05, 3.63) is 18.1 Å². The van der Waals surface area contributed by atoms with E-state index >= 15 is 0 Å². The molecule has 0 radical (unpaired) electrons. The number of carbonyl (C=O) groups excluding carboxylic acids is 1. The molecule has 0 bridgehead atoms. The monoisotopic (exact) mass is 290 g/mol. The normalized spacial score (nSPS) is 25.3. The Morgan fingerprint density at radius 3 is 3.10 bits per heavy atom. The van der Waals surface area contributed by atoms with Crippen LogP contribution in [-0.4, -0.2) is 33.1 Å². The standard InChI is InChI=1S/C14H18N4O3/c1-3-8-4-10(20-7(2)19)12(21-8)9-5-16-14-11(9)13(15)17-6-18-14/h5-6,8,10,12H,3-4H2,1-2H3,(H3,15,16,17,18)/t8-,10-,12-/m1/s1. The lowest BCUT2D eigenvalue weighted by Gasteiger charge is -2.18. The number of hydrogen-bond acceptors (Lipinski definition) is 6. The number of ether oxygens (including phenoxy) is 2. The lowest BCUT2D eigenvalue weighted by molar-refractivity contribution is -0.149. The Morgan fingerprint density at radius 2 is 2.38 bits per heavy atom. The molecule has 0 aliphatic carbocycles. The number of carbonyl (C=O) groups is 1. The van der Waals surface area contributed by atoms with E-state index in [1.54, 1.807) is 6.20 Å². The molecule has 2 aromatic rings. The largest absolute Gasteiger partial charge is 0.459 e. The predicted molar refractivity (Wildman–Crippen MR) is 76.4 cm³/mol. The molecule has 21 heavy (non-hydrogen) atoms. The van der Waals surface area contributed by atoms with Gasteiger partial charge in [0.25, 0.3) is 0 Å². The van der Waals surface area contributed by atoms with Gasteiger partial charge in [-0.15, -0.1) is 0 Å². The molecule has 3 N–H and O–H groups in total. The van der Waals surface area contributed by atoms with E-state index in [2.05, 4.69) is 15.0 Å². The third-order valence-electron chi connectivity index (χ3n) is 3.78. The molecule has 2 aromatic heterocycles. The fraction of sp³-hybridized carbons (Fsp3) is 0.500. The summed E-state index contributed by atoms with van der Waals surface area (Å²) in [6, 6.07) is 0. The van der Waals surface area contributed by atoms with E-state index in [0.29, 0.717) is 17.9 Å². The quantitative estimate of drug-likeness (QED) is 0.834. The molecule has 0 unspecified atom stereocenters. The Labute approximate surface area is 121 Å². The second kappa shape index (κ2) is 5.33. The zero-order valence-corrected chi connectivity index (χ0v) is 12.0. The van der Waals surface area contributed by atoms with Crippen molar-refractivity contribution in [3.8, 4) is 0 Å². The van der Waals surface area contributed by atoms with Gasteiger partial charge in [0.2, 0.25) is 0 Å². The van der Waals surface area contributed by atoms with Crippen LogP contribution >= 0.6 is 0 Å².